The summed E-state index contributed by atoms with van der Waals surface area (Å²) in [5.74, 6) is 0.367. The number of benzene rings is 2. The van der Waals surface area contributed by atoms with E-state index in [4.69, 9.17) is 21.1 Å². The van der Waals surface area contributed by atoms with Crippen LogP contribution in [-0.2, 0) is 10.0 Å². The number of rotatable bonds is 5. The maximum Gasteiger partial charge on any atom is 0.263 e. The van der Waals surface area contributed by atoms with Gasteiger partial charge in [-0.3, -0.25) is 9.10 Å². The summed E-state index contributed by atoms with van der Waals surface area (Å²) in [6.07, 6.45) is 0.535. The Balaban J connectivity index is 1.94. The van der Waals surface area contributed by atoms with Gasteiger partial charge in [0, 0.05) is 12.2 Å². The number of ether oxygens (including phenoxy) is 2. The summed E-state index contributed by atoms with van der Waals surface area (Å²) in [4.78, 5) is 12.8. The summed E-state index contributed by atoms with van der Waals surface area (Å²) >= 11 is 6.19. The molecule has 1 heterocycles. The predicted molar refractivity (Wildman–Crippen MR) is 105 cm³/mol. The first kappa shape index (κ1) is 19.3. The molecule has 1 aliphatic rings. The van der Waals surface area contributed by atoms with E-state index in [9.17, 15) is 13.2 Å². The fourth-order valence-corrected chi connectivity index (χ4v) is 4.80. The van der Waals surface area contributed by atoms with Crippen LogP contribution in [0.5, 0.6) is 11.5 Å². The summed E-state index contributed by atoms with van der Waals surface area (Å²) in [6, 6.07) is 9.73. The van der Waals surface area contributed by atoms with Gasteiger partial charge in [-0.25, -0.2) is 8.42 Å². The Labute approximate surface area is 162 Å². The van der Waals surface area contributed by atoms with Crippen LogP contribution in [-0.4, -0.2) is 40.8 Å². The number of hydrogen-bond donors (Lipinski definition) is 1. The number of halogens is 1. The molecular formula is C18H19ClN2O5S. The maximum absolute atomic E-state index is 12.8. The van der Waals surface area contributed by atoms with Crippen molar-refractivity contribution >= 4 is 38.9 Å². The molecule has 1 N–H and O–H groups in total. The standard InChI is InChI=1S/C18H19ClN2O5S/c1-25-15-5-3-6-16(26-2)17(15)18(22)20-12-7-8-13(19)14(11-12)21-9-4-10-27(21,23)24/h3,5-8,11H,4,9-10H2,1-2H3,(H,20,22). The number of anilines is 2. The first-order valence-electron chi connectivity index (χ1n) is 8.19. The third-order valence-corrected chi connectivity index (χ3v) is 6.40. The predicted octanol–water partition coefficient (Wildman–Crippen LogP) is 3.15. The van der Waals surface area contributed by atoms with Gasteiger partial charge in [0.05, 0.1) is 30.7 Å². The highest BCUT2D eigenvalue weighted by Crippen LogP contribution is 2.34. The molecule has 1 saturated heterocycles. The topological polar surface area (TPSA) is 84.9 Å². The first-order chi connectivity index (χ1) is 12.9. The van der Waals surface area contributed by atoms with Gasteiger partial charge in [-0.1, -0.05) is 17.7 Å². The van der Waals surface area contributed by atoms with Gasteiger partial charge in [-0.2, -0.15) is 0 Å². The number of nitrogens with zero attached hydrogens (tertiary/aromatic N) is 1. The maximum atomic E-state index is 12.8. The molecule has 0 unspecified atom stereocenters. The van der Waals surface area contributed by atoms with E-state index >= 15 is 0 Å². The van der Waals surface area contributed by atoms with E-state index < -0.39 is 15.9 Å². The van der Waals surface area contributed by atoms with E-state index in [0.29, 0.717) is 40.9 Å². The Bertz CT molecular complexity index is 955. The number of methoxy groups -OCH3 is 2. The van der Waals surface area contributed by atoms with Crippen LogP contribution in [0, 0.1) is 0 Å². The third-order valence-electron chi connectivity index (χ3n) is 4.23. The Morgan fingerprint density at radius 3 is 2.37 bits per heavy atom. The van der Waals surface area contributed by atoms with Crippen molar-refractivity contribution in [3.63, 3.8) is 0 Å². The molecular weight excluding hydrogens is 392 g/mol. The lowest BCUT2D eigenvalue weighted by Gasteiger charge is -2.19. The van der Waals surface area contributed by atoms with Crippen LogP contribution in [0.1, 0.15) is 16.8 Å². The molecule has 1 aliphatic heterocycles. The molecule has 7 nitrogen and oxygen atoms in total. The lowest BCUT2D eigenvalue weighted by atomic mass is 10.1. The van der Waals surface area contributed by atoms with Crippen LogP contribution >= 0.6 is 11.6 Å². The van der Waals surface area contributed by atoms with Crippen LogP contribution in [0.4, 0.5) is 11.4 Å². The average Bonchev–Trinajstić information content (AvgIpc) is 3.01. The second-order valence-electron chi connectivity index (χ2n) is 5.90. The van der Waals surface area contributed by atoms with Gasteiger partial charge in [-0.15, -0.1) is 0 Å². The van der Waals surface area contributed by atoms with Crippen molar-refractivity contribution in [3.8, 4) is 11.5 Å². The average molecular weight is 411 g/mol. The Hall–Kier alpha value is -2.45. The molecule has 9 heteroatoms. The quantitative estimate of drug-likeness (QED) is 0.818. The van der Waals surface area contributed by atoms with Crippen molar-refractivity contribution in [3.05, 3.63) is 47.0 Å². The zero-order chi connectivity index (χ0) is 19.6. The largest absolute Gasteiger partial charge is 0.496 e. The Kier molecular flexibility index (Phi) is 5.48. The van der Waals surface area contributed by atoms with Gasteiger partial charge >= 0.3 is 0 Å². The molecule has 0 radical (unpaired) electrons. The number of hydrogen-bond acceptors (Lipinski definition) is 5. The van der Waals surface area contributed by atoms with Gasteiger partial charge in [-0.05, 0) is 36.8 Å². The fourth-order valence-electron chi connectivity index (χ4n) is 2.96. The summed E-state index contributed by atoms with van der Waals surface area (Å²) in [5, 5.41) is 3.05. The SMILES string of the molecule is COc1cccc(OC)c1C(=O)Nc1ccc(Cl)c(N2CCCS2(=O)=O)c1. The van der Waals surface area contributed by atoms with Crippen LogP contribution in [0.15, 0.2) is 36.4 Å². The van der Waals surface area contributed by atoms with E-state index in [-0.39, 0.29) is 11.3 Å². The zero-order valence-corrected chi connectivity index (χ0v) is 16.4. The molecule has 1 amide bonds. The van der Waals surface area contributed by atoms with Crippen molar-refractivity contribution in [1.29, 1.82) is 0 Å². The fraction of sp³-hybridized carbons (Fsp3) is 0.278. The highest BCUT2D eigenvalue weighted by molar-refractivity contribution is 7.93. The van der Waals surface area contributed by atoms with Crippen molar-refractivity contribution in [1.82, 2.24) is 0 Å². The molecule has 0 bridgehead atoms. The van der Waals surface area contributed by atoms with Crippen LogP contribution in [0.25, 0.3) is 0 Å². The lowest BCUT2D eigenvalue weighted by molar-refractivity contribution is 0.102. The van der Waals surface area contributed by atoms with Gasteiger partial charge in [0.15, 0.2) is 0 Å². The van der Waals surface area contributed by atoms with Crippen LogP contribution in [0.3, 0.4) is 0 Å². The van der Waals surface area contributed by atoms with Crippen LogP contribution in [0.2, 0.25) is 5.02 Å². The monoisotopic (exact) mass is 410 g/mol. The van der Waals surface area contributed by atoms with Crippen molar-refractivity contribution in [2.75, 3.05) is 36.1 Å². The van der Waals surface area contributed by atoms with Gasteiger partial charge < -0.3 is 14.8 Å². The van der Waals surface area contributed by atoms with Crippen LogP contribution < -0.4 is 19.1 Å². The molecule has 2 aromatic rings. The summed E-state index contributed by atoms with van der Waals surface area (Å²) < 4.78 is 36.1. The van der Waals surface area contributed by atoms with E-state index in [0.717, 1.165) is 0 Å². The highest BCUT2D eigenvalue weighted by Gasteiger charge is 2.30. The smallest absolute Gasteiger partial charge is 0.263 e. The molecule has 0 aliphatic carbocycles. The van der Waals surface area contributed by atoms with Crippen molar-refractivity contribution in [2.45, 2.75) is 6.42 Å². The van der Waals surface area contributed by atoms with Gasteiger partial charge in [0.2, 0.25) is 10.0 Å². The minimum absolute atomic E-state index is 0.0817. The Morgan fingerprint density at radius 2 is 1.81 bits per heavy atom. The lowest BCUT2D eigenvalue weighted by Crippen LogP contribution is -2.25. The number of nitrogens with one attached hydrogen (secondary N) is 1. The second kappa shape index (κ2) is 7.66. The molecule has 1 fully saturated rings. The molecule has 27 heavy (non-hydrogen) atoms. The van der Waals surface area contributed by atoms with E-state index in [1.165, 1.54) is 18.5 Å². The molecule has 0 atom stereocenters. The van der Waals surface area contributed by atoms with Crippen molar-refractivity contribution < 1.29 is 22.7 Å². The number of carbonyl (C=O) groups excluding carboxylic acids is 1. The van der Waals surface area contributed by atoms with E-state index in [2.05, 4.69) is 5.32 Å². The molecule has 0 aromatic heterocycles. The molecule has 144 valence electrons. The number of amides is 1. The Morgan fingerprint density at radius 1 is 1.15 bits per heavy atom. The molecule has 0 spiro atoms. The second-order valence-corrected chi connectivity index (χ2v) is 8.32. The summed E-state index contributed by atoms with van der Waals surface area (Å²) in [6.45, 7) is 0.361. The highest BCUT2D eigenvalue weighted by atomic mass is 35.5. The normalized spacial score (nSPS) is 15.4. The zero-order valence-electron chi connectivity index (χ0n) is 14.9. The van der Waals surface area contributed by atoms with Gasteiger partial charge in [0.25, 0.3) is 5.91 Å². The summed E-state index contributed by atoms with van der Waals surface area (Å²) in [5.41, 5.74) is 1.00. The van der Waals surface area contributed by atoms with E-state index in [1.807, 2.05) is 0 Å². The number of carbonyl (C=O) groups is 1. The first-order valence-corrected chi connectivity index (χ1v) is 10.2. The minimum atomic E-state index is -3.39. The molecule has 0 saturated carbocycles. The van der Waals surface area contributed by atoms with E-state index in [1.54, 1.807) is 36.4 Å². The van der Waals surface area contributed by atoms with Gasteiger partial charge in [0.1, 0.15) is 17.1 Å². The molecule has 2 aromatic carbocycles. The minimum Gasteiger partial charge on any atom is -0.496 e. The van der Waals surface area contributed by atoms with Crippen molar-refractivity contribution in [2.24, 2.45) is 0 Å². The molecule has 3 rings (SSSR count). The number of sulfonamides is 1. The summed E-state index contributed by atoms with van der Waals surface area (Å²) in [7, 11) is -0.460. The third kappa shape index (κ3) is 3.81.